The van der Waals surface area contributed by atoms with Gasteiger partial charge in [0, 0.05) is 55.5 Å². The van der Waals surface area contributed by atoms with Crippen molar-refractivity contribution in [2.45, 2.75) is 0 Å². The van der Waals surface area contributed by atoms with Gasteiger partial charge >= 0.3 is 0 Å². The van der Waals surface area contributed by atoms with Crippen molar-refractivity contribution in [1.82, 2.24) is 24.1 Å². The number of rotatable bonds is 5. The molecular formula is C51H31N5. The van der Waals surface area contributed by atoms with Crippen LogP contribution in [0.1, 0.15) is 0 Å². The molecule has 5 nitrogen and oxygen atoms in total. The zero-order valence-electron chi connectivity index (χ0n) is 30.1. The third kappa shape index (κ3) is 4.58. The molecule has 0 bridgehead atoms. The summed E-state index contributed by atoms with van der Waals surface area (Å²) in [6.45, 7) is 0. The number of pyridine rings is 1. The Kier molecular flexibility index (Phi) is 6.56. The summed E-state index contributed by atoms with van der Waals surface area (Å²) in [4.78, 5) is 15.0. The Morgan fingerprint density at radius 1 is 0.375 bits per heavy atom. The molecule has 56 heavy (non-hydrogen) atoms. The van der Waals surface area contributed by atoms with Crippen LogP contribution in [-0.2, 0) is 0 Å². The third-order valence-corrected chi connectivity index (χ3v) is 11.3. The van der Waals surface area contributed by atoms with Crippen LogP contribution in [-0.4, -0.2) is 24.1 Å². The molecule has 0 aliphatic carbocycles. The number of para-hydroxylation sites is 1. The van der Waals surface area contributed by atoms with Gasteiger partial charge in [-0.3, -0.25) is 4.57 Å². The van der Waals surface area contributed by atoms with E-state index in [4.69, 9.17) is 15.0 Å². The van der Waals surface area contributed by atoms with Crippen LogP contribution in [0.15, 0.2) is 188 Å². The molecular weight excluding hydrogens is 683 g/mol. The zero-order valence-corrected chi connectivity index (χ0v) is 30.1. The number of aromatic nitrogens is 5. The van der Waals surface area contributed by atoms with Crippen molar-refractivity contribution < 1.29 is 0 Å². The van der Waals surface area contributed by atoms with Gasteiger partial charge in [-0.05, 0) is 70.8 Å². The van der Waals surface area contributed by atoms with Crippen molar-refractivity contribution in [3.8, 4) is 45.4 Å². The van der Waals surface area contributed by atoms with E-state index in [0.717, 1.165) is 55.9 Å². The van der Waals surface area contributed by atoms with Gasteiger partial charge in [-0.25, -0.2) is 15.0 Å². The van der Waals surface area contributed by atoms with E-state index in [9.17, 15) is 0 Å². The lowest BCUT2D eigenvalue weighted by atomic mass is 9.99. The van der Waals surface area contributed by atoms with Gasteiger partial charge in [-0.1, -0.05) is 127 Å². The van der Waals surface area contributed by atoms with Gasteiger partial charge < -0.3 is 4.57 Å². The smallest absolute Gasteiger partial charge is 0.160 e. The fourth-order valence-corrected chi connectivity index (χ4v) is 8.80. The van der Waals surface area contributed by atoms with Gasteiger partial charge in [0.2, 0.25) is 0 Å². The van der Waals surface area contributed by atoms with E-state index < -0.39 is 0 Å². The Morgan fingerprint density at radius 2 is 1.07 bits per heavy atom. The number of fused-ring (bicyclic) bond motifs is 5. The standard InChI is InChI=1S/C51H31N5/c1-3-12-32(13-4-1)42-31-43(33-14-5-2-6-15-33)54-51(53-42)37-22-21-36-29-38(25-23-35(36)28-37)55-45-19-11-16-34-24-26-40-49(48(34)45)46(55)30-41-39-17-7-8-18-44(39)56(50(40)41)47-20-9-10-27-52-47/h1-31H. The maximum Gasteiger partial charge on any atom is 0.160 e. The minimum atomic E-state index is 0.707. The van der Waals surface area contributed by atoms with E-state index in [0.29, 0.717) is 5.82 Å². The number of hydrogen-bond acceptors (Lipinski definition) is 3. The normalized spacial score (nSPS) is 11.9. The van der Waals surface area contributed by atoms with E-state index in [-0.39, 0.29) is 0 Å². The first kappa shape index (κ1) is 30.8. The van der Waals surface area contributed by atoms with Gasteiger partial charge in [0.25, 0.3) is 0 Å². The quantitative estimate of drug-likeness (QED) is 0.167. The molecule has 0 saturated carbocycles. The molecule has 0 saturated heterocycles. The van der Waals surface area contributed by atoms with Crippen LogP contribution in [0, 0.1) is 0 Å². The molecule has 4 aromatic heterocycles. The van der Waals surface area contributed by atoms with Crippen LogP contribution >= 0.6 is 0 Å². The predicted octanol–water partition coefficient (Wildman–Crippen LogP) is 12.8. The van der Waals surface area contributed by atoms with Crippen LogP contribution in [0.2, 0.25) is 0 Å². The van der Waals surface area contributed by atoms with Gasteiger partial charge in [0.15, 0.2) is 5.82 Å². The molecule has 0 amide bonds. The summed E-state index contributed by atoms with van der Waals surface area (Å²) in [5, 5.41) is 9.71. The fraction of sp³-hybridized carbons (Fsp3) is 0. The fourth-order valence-electron chi connectivity index (χ4n) is 8.80. The summed E-state index contributed by atoms with van der Waals surface area (Å²) in [7, 11) is 0. The molecule has 5 heteroatoms. The van der Waals surface area contributed by atoms with E-state index >= 15 is 0 Å². The molecule has 260 valence electrons. The second-order valence-corrected chi connectivity index (χ2v) is 14.5. The molecule has 0 unspecified atom stereocenters. The SMILES string of the molecule is c1ccc(-c2cc(-c3ccccc3)nc(-c3ccc4cc(-n5c6cccc7ccc8c(c76)c5cc5c6ccccc6n(-c6ccccn6)c58)ccc4c3)n2)cc1. The summed E-state index contributed by atoms with van der Waals surface area (Å²) in [5.41, 5.74) is 10.8. The van der Waals surface area contributed by atoms with Crippen LogP contribution < -0.4 is 0 Å². The second-order valence-electron chi connectivity index (χ2n) is 14.5. The topological polar surface area (TPSA) is 48.5 Å². The Morgan fingerprint density at radius 3 is 1.86 bits per heavy atom. The molecule has 8 aromatic carbocycles. The number of nitrogens with zero attached hydrogens (tertiary/aromatic N) is 5. The summed E-state index contributed by atoms with van der Waals surface area (Å²) >= 11 is 0. The molecule has 4 heterocycles. The van der Waals surface area contributed by atoms with Gasteiger partial charge in [-0.2, -0.15) is 0 Å². The van der Waals surface area contributed by atoms with Gasteiger partial charge in [-0.15, -0.1) is 0 Å². The van der Waals surface area contributed by atoms with Gasteiger partial charge in [0.1, 0.15) is 5.82 Å². The van der Waals surface area contributed by atoms with E-state index in [2.05, 4.69) is 173 Å². The molecule has 0 aliphatic rings. The predicted molar refractivity (Wildman–Crippen MR) is 231 cm³/mol. The lowest BCUT2D eigenvalue weighted by molar-refractivity contribution is 1.08. The van der Waals surface area contributed by atoms with Gasteiger partial charge in [0.05, 0.1) is 33.5 Å². The monoisotopic (exact) mass is 713 g/mol. The summed E-state index contributed by atoms with van der Waals surface area (Å²) in [6.07, 6.45) is 1.87. The molecule has 12 rings (SSSR count). The highest BCUT2D eigenvalue weighted by molar-refractivity contribution is 6.32. The lowest BCUT2D eigenvalue weighted by Gasteiger charge is -2.12. The van der Waals surface area contributed by atoms with E-state index in [1.54, 1.807) is 0 Å². The average Bonchev–Trinajstić information content (AvgIpc) is 3.79. The first-order valence-corrected chi connectivity index (χ1v) is 18.9. The molecule has 0 aliphatic heterocycles. The maximum absolute atomic E-state index is 5.10. The van der Waals surface area contributed by atoms with Crippen molar-refractivity contribution in [3.05, 3.63) is 188 Å². The maximum atomic E-state index is 5.10. The summed E-state index contributed by atoms with van der Waals surface area (Å²) in [5.74, 6) is 1.62. The minimum absolute atomic E-state index is 0.707. The Bertz CT molecular complexity index is 3400. The van der Waals surface area contributed by atoms with Crippen molar-refractivity contribution in [1.29, 1.82) is 0 Å². The summed E-state index contributed by atoms with van der Waals surface area (Å²) < 4.78 is 4.78. The van der Waals surface area contributed by atoms with E-state index in [1.807, 2.05) is 24.4 Å². The first-order valence-electron chi connectivity index (χ1n) is 18.9. The summed E-state index contributed by atoms with van der Waals surface area (Å²) in [6, 6.07) is 64.6. The highest BCUT2D eigenvalue weighted by Gasteiger charge is 2.23. The van der Waals surface area contributed by atoms with Crippen LogP contribution in [0.3, 0.4) is 0 Å². The first-order chi connectivity index (χ1) is 27.8. The molecule has 0 spiro atoms. The highest BCUT2D eigenvalue weighted by Crippen LogP contribution is 2.45. The molecule has 0 fully saturated rings. The van der Waals surface area contributed by atoms with Crippen LogP contribution in [0.25, 0.3) is 111 Å². The molecule has 0 atom stereocenters. The average molecular weight is 714 g/mol. The Balaban J connectivity index is 1.06. The zero-order chi connectivity index (χ0) is 36.7. The lowest BCUT2D eigenvalue weighted by Crippen LogP contribution is -1.97. The Labute approximate surface area is 321 Å². The van der Waals surface area contributed by atoms with Crippen molar-refractivity contribution in [2.75, 3.05) is 0 Å². The largest absolute Gasteiger partial charge is 0.309 e. The number of benzene rings is 8. The van der Waals surface area contributed by atoms with Crippen LogP contribution in [0.4, 0.5) is 0 Å². The Hall–Kier alpha value is -7.63. The highest BCUT2D eigenvalue weighted by atomic mass is 15.1. The molecule has 0 radical (unpaired) electrons. The van der Waals surface area contributed by atoms with Crippen molar-refractivity contribution in [3.63, 3.8) is 0 Å². The molecule has 0 N–H and O–H groups in total. The number of hydrogen-bond donors (Lipinski definition) is 0. The minimum Gasteiger partial charge on any atom is -0.309 e. The third-order valence-electron chi connectivity index (χ3n) is 11.3. The van der Waals surface area contributed by atoms with E-state index in [1.165, 1.54) is 48.9 Å². The van der Waals surface area contributed by atoms with Crippen molar-refractivity contribution in [2.24, 2.45) is 0 Å². The second kappa shape index (κ2) is 11.9. The van der Waals surface area contributed by atoms with Crippen molar-refractivity contribution >= 4 is 65.2 Å². The van der Waals surface area contributed by atoms with Crippen LogP contribution in [0.5, 0.6) is 0 Å². The molecule has 12 aromatic rings.